The third-order valence-corrected chi connectivity index (χ3v) is 4.38. The molecule has 0 amide bonds. The fourth-order valence-electron chi connectivity index (χ4n) is 1.93. The van der Waals surface area contributed by atoms with Crippen molar-refractivity contribution in [2.75, 3.05) is 59.4 Å². The zero-order chi connectivity index (χ0) is 19.9. The summed E-state index contributed by atoms with van der Waals surface area (Å²) in [6, 6.07) is 0. The number of hydrogen-bond donors (Lipinski definition) is 1. The van der Waals surface area contributed by atoms with Crippen LogP contribution in [0.4, 0.5) is 0 Å². The van der Waals surface area contributed by atoms with Gasteiger partial charge in [0.05, 0.1) is 12.4 Å². The van der Waals surface area contributed by atoms with Crippen LogP contribution in [0.5, 0.6) is 0 Å². The lowest BCUT2D eigenvalue weighted by atomic mass is 10.0. The van der Waals surface area contributed by atoms with E-state index in [2.05, 4.69) is 19.5 Å². The lowest BCUT2D eigenvalue weighted by molar-refractivity contribution is -0.140. The van der Waals surface area contributed by atoms with Gasteiger partial charge in [-0.25, -0.2) is 0 Å². The molecule has 0 aromatic heterocycles. The first-order chi connectivity index (χ1) is 12.3. The average Bonchev–Trinajstić information content (AvgIpc) is 2.59. The first-order valence-corrected chi connectivity index (χ1v) is 9.31. The van der Waals surface area contributed by atoms with Crippen molar-refractivity contribution in [1.29, 1.82) is 0 Å². The maximum Gasteiger partial charge on any atom is 0.293 e. The molecule has 26 heavy (non-hydrogen) atoms. The van der Waals surface area contributed by atoms with Crippen LogP contribution in [0.15, 0.2) is 0 Å². The topological polar surface area (TPSA) is 138 Å². The number of ether oxygens (including phenoxy) is 3. The van der Waals surface area contributed by atoms with Gasteiger partial charge in [-0.15, -0.1) is 0 Å². The Bertz CT molecular complexity index is 479. The number of nitrogens with one attached hydrogen (secondary N) is 1. The van der Waals surface area contributed by atoms with Crippen LogP contribution in [-0.2, 0) is 42.9 Å². The molecule has 0 bridgehead atoms. The van der Waals surface area contributed by atoms with Crippen molar-refractivity contribution in [2.24, 2.45) is 0 Å². The van der Waals surface area contributed by atoms with Gasteiger partial charge in [0.1, 0.15) is 25.4 Å². The molecular formula is C14H26N2O9S. The molecule has 11 nitrogen and oxygen atoms in total. The van der Waals surface area contributed by atoms with Crippen LogP contribution in [0, 0.1) is 0 Å². The van der Waals surface area contributed by atoms with Crippen molar-refractivity contribution in [1.82, 2.24) is 10.2 Å². The van der Waals surface area contributed by atoms with E-state index >= 15 is 0 Å². The van der Waals surface area contributed by atoms with Gasteiger partial charge in [-0.1, -0.05) is 0 Å². The van der Waals surface area contributed by atoms with Crippen molar-refractivity contribution in [3.63, 3.8) is 0 Å². The normalized spacial score (nSPS) is 11.8. The molecule has 0 spiro atoms. The predicted octanol–water partition coefficient (Wildman–Crippen LogP) is -1.87. The summed E-state index contributed by atoms with van der Waals surface area (Å²) in [5, 5.41) is 2.78. The molecule has 0 aromatic carbocycles. The van der Waals surface area contributed by atoms with Gasteiger partial charge in [-0.2, -0.15) is 8.42 Å². The smallest absolute Gasteiger partial charge is 0.293 e. The largest absolute Gasteiger partial charge is 0.466 e. The van der Waals surface area contributed by atoms with E-state index in [1.807, 2.05) is 19.0 Å². The lowest BCUT2D eigenvalue weighted by Crippen LogP contribution is -2.57. The summed E-state index contributed by atoms with van der Waals surface area (Å²) in [5.74, 6) is -0.375. The summed E-state index contributed by atoms with van der Waals surface area (Å²) in [7, 11) is -0.0489. The molecule has 1 N–H and O–H groups in total. The van der Waals surface area contributed by atoms with Gasteiger partial charge < -0.3 is 24.4 Å². The standard InChI is InChI=1S/C14H26N2O9S/c1-16(2)5-3-6-25-26(20,21)7-4-15-14(8-22-11-17,9-23-12-18)10-24-13-19/h11-13,15H,3-10H2,1-2H3. The van der Waals surface area contributed by atoms with Gasteiger partial charge in [0.2, 0.25) is 0 Å². The molecule has 0 aliphatic heterocycles. The van der Waals surface area contributed by atoms with Gasteiger partial charge in [0.25, 0.3) is 29.5 Å². The Balaban J connectivity index is 4.65. The summed E-state index contributed by atoms with van der Waals surface area (Å²) in [6.45, 7) is 0.234. The Hall–Kier alpha value is -1.76. The Labute approximate surface area is 153 Å². The van der Waals surface area contributed by atoms with E-state index in [4.69, 9.17) is 4.18 Å². The van der Waals surface area contributed by atoms with Crippen molar-refractivity contribution >= 4 is 29.5 Å². The van der Waals surface area contributed by atoms with E-state index in [0.717, 1.165) is 0 Å². The van der Waals surface area contributed by atoms with Gasteiger partial charge in [-0.3, -0.25) is 18.6 Å². The van der Waals surface area contributed by atoms with E-state index in [9.17, 15) is 22.8 Å². The van der Waals surface area contributed by atoms with E-state index in [1.165, 1.54) is 0 Å². The van der Waals surface area contributed by atoms with Crippen LogP contribution in [0.25, 0.3) is 0 Å². The number of hydrogen-bond acceptors (Lipinski definition) is 11. The number of nitrogens with zero attached hydrogens (tertiary/aromatic N) is 1. The van der Waals surface area contributed by atoms with E-state index in [0.29, 0.717) is 13.0 Å². The molecule has 0 unspecified atom stereocenters. The third kappa shape index (κ3) is 11.7. The molecule has 152 valence electrons. The fourth-order valence-corrected chi connectivity index (χ4v) is 2.77. The third-order valence-electron chi connectivity index (χ3n) is 3.15. The second kappa shape index (κ2) is 13.4. The Morgan fingerprint density at radius 1 is 0.962 bits per heavy atom. The second-order valence-corrected chi connectivity index (χ2v) is 7.43. The monoisotopic (exact) mass is 398 g/mol. The van der Waals surface area contributed by atoms with Gasteiger partial charge in [0.15, 0.2) is 0 Å². The first kappa shape index (κ1) is 24.2. The van der Waals surface area contributed by atoms with E-state index in [-0.39, 0.29) is 58.1 Å². The molecular weight excluding hydrogens is 372 g/mol. The quantitative estimate of drug-likeness (QED) is 0.120. The van der Waals surface area contributed by atoms with E-state index < -0.39 is 15.7 Å². The van der Waals surface area contributed by atoms with Crippen LogP contribution in [-0.4, -0.2) is 97.6 Å². The Morgan fingerprint density at radius 3 is 1.88 bits per heavy atom. The van der Waals surface area contributed by atoms with Crippen LogP contribution in [0.3, 0.4) is 0 Å². The second-order valence-electron chi connectivity index (χ2n) is 5.67. The molecule has 12 heteroatoms. The summed E-state index contributed by atoms with van der Waals surface area (Å²) >= 11 is 0. The zero-order valence-electron chi connectivity index (χ0n) is 14.9. The van der Waals surface area contributed by atoms with Crippen LogP contribution in [0.1, 0.15) is 6.42 Å². The summed E-state index contributed by atoms with van der Waals surface area (Å²) in [5.41, 5.74) is -1.27. The molecule has 0 rings (SSSR count). The van der Waals surface area contributed by atoms with Gasteiger partial charge in [0, 0.05) is 6.54 Å². The minimum Gasteiger partial charge on any atom is -0.466 e. The highest BCUT2D eigenvalue weighted by Gasteiger charge is 2.33. The summed E-state index contributed by atoms with van der Waals surface area (Å²) in [4.78, 5) is 33.2. The molecule has 0 aliphatic carbocycles. The fraction of sp³-hybridized carbons (Fsp3) is 0.786. The van der Waals surface area contributed by atoms with Crippen molar-refractivity contribution in [2.45, 2.75) is 12.0 Å². The molecule has 0 atom stereocenters. The first-order valence-electron chi connectivity index (χ1n) is 7.73. The summed E-state index contributed by atoms with van der Waals surface area (Å²) < 4.78 is 42.6. The highest BCUT2D eigenvalue weighted by atomic mass is 32.2. The molecule has 0 saturated carbocycles. The highest BCUT2D eigenvalue weighted by Crippen LogP contribution is 2.08. The SMILES string of the molecule is CN(C)CCCOS(=O)(=O)CCNC(COC=O)(COC=O)COC=O. The molecule has 0 aromatic rings. The highest BCUT2D eigenvalue weighted by molar-refractivity contribution is 7.86. The maximum atomic E-state index is 11.9. The summed E-state index contributed by atoms with van der Waals surface area (Å²) in [6.07, 6.45) is 0.553. The minimum absolute atomic E-state index is 0.0580. The maximum absolute atomic E-state index is 11.9. The van der Waals surface area contributed by atoms with Gasteiger partial charge >= 0.3 is 0 Å². The molecule has 0 saturated heterocycles. The number of carbonyl (C=O) groups excluding carboxylic acids is 3. The predicted molar refractivity (Wildman–Crippen MR) is 89.7 cm³/mol. The van der Waals surface area contributed by atoms with Crippen LogP contribution < -0.4 is 5.32 Å². The number of carbonyl (C=O) groups is 3. The molecule has 0 heterocycles. The van der Waals surface area contributed by atoms with Crippen molar-refractivity contribution < 1.29 is 41.2 Å². The van der Waals surface area contributed by atoms with Crippen molar-refractivity contribution in [3.8, 4) is 0 Å². The molecule has 0 fully saturated rings. The van der Waals surface area contributed by atoms with E-state index in [1.54, 1.807) is 0 Å². The zero-order valence-corrected chi connectivity index (χ0v) is 15.7. The number of rotatable bonds is 18. The van der Waals surface area contributed by atoms with Crippen molar-refractivity contribution in [3.05, 3.63) is 0 Å². The average molecular weight is 398 g/mol. The lowest BCUT2D eigenvalue weighted by Gasteiger charge is -2.31. The Kier molecular flexibility index (Phi) is 12.5. The van der Waals surface area contributed by atoms with Crippen LogP contribution in [0.2, 0.25) is 0 Å². The minimum atomic E-state index is -3.78. The molecule has 0 radical (unpaired) electrons. The van der Waals surface area contributed by atoms with Gasteiger partial charge in [-0.05, 0) is 27.1 Å². The molecule has 0 aliphatic rings. The van der Waals surface area contributed by atoms with Crippen LogP contribution >= 0.6 is 0 Å². The Morgan fingerprint density at radius 2 is 1.46 bits per heavy atom.